The van der Waals surface area contributed by atoms with E-state index in [1.165, 1.54) is 0 Å². The predicted octanol–water partition coefficient (Wildman–Crippen LogP) is 0.817. The van der Waals surface area contributed by atoms with Crippen LogP contribution in [-0.2, 0) is 11.3 Å². The summed E-state index contributed by atoms with van der Waals surface area (Å²) in [5.41, 5.74) is 1.10. The summed E-state index contributed by atoms with van der Waals surface area (Å²) in [6.45, 7) is 4.07. The van der Waals surface area contributed by atoms with Crippen molar-refractivity contribution in [1.29, 1.82) is 0 Å². The van der Waals surface area contributed by atoms with Crippen molar-refractivity contribution in [2.75, 3.05) is 13.1 Å². The molecule has 1 saturated heterocycles. The van der Waals surface area contributed by atoms with Crippen LogP contribution in [-0.4, -0.2) is 33.4 Å². The Kier molecular flexibility index (Phi) is 3.25. The third-order valence-corrected chi connectivity index (χ3v) is 2.74. The number of nitrogens with zero attached hydrogens (tertiary/aromatic N) is 3. The van der Waals surface area contributed by atoms with E-state index in [2.05, 4.69) is 16.8 Å². The van der Waals surface area contributed by atoms with Gasteiger partial charge < -0.3 is 9.47 Å². The number of amides is 1. The Balaban J connectivity index is 1.82. The lowest BCUT2D eigenvalue weighted by atomic mass is 10.4. The summed E-state index contributed by atoms with van der Waals surface area (Å²) in [7, 11) is 0. The molecule has 0 spiro atoms. The molecule has 4 nitrogen and oxygen atoms in total. The van der Waals surface area contributed by atoms with Gasteiger partial charge in [-0.05, 0) is 13.3 Å². The number of hydrogen-bond acceptors (Lipinski definition) is 2. The Morgan fingerprint density at radius 1 is 1.44 bits per heavy atom. The van der Waals surface area contributed by atoms with E-state index < -0.39 is 0 Å². The first-order valence-corrected chi connectivity index (χ1v) is 5.47. The van der Waals surface area contributed by atoms with Crippen molar-refractivity contribution in [2.45, 2.75) is 26.3 Å². The normalized spacial score (nSPS) is 15.1. The largest absolute Gasteiger partial charge is 0.332 e. The van der Waals surface area contributed by atoms with Gasteiger partial charge >= 0.3 is 0 Å². The highest BCUT2D eigenvalue weighted by molar-refractivity contribution is 5.78. The van der Waals surface area contributed by atoms with E-state index in [1.807, 2.05) is 22.6 Å². The van der Waals surface area contributed by atoms with Gasteiger partial charge in [-0.1, -0.05) is 11.8 Å². The number of aromatic nitrogens is 2. The average Bonchev–Trinajstić information content (AvgIpc) is 2.84. The van der Waals surface area contributed by atoms with Gasteiger partial charge in [0.25, 0.3) is 0 Å². The second-order valence-electron chi connectivity index (χ2n) is 3.94. The van der Waals surface area contributed by atoms with Gasteiger partial charge in [0.15, 0.2) is 0 Å². The molecule has 1 fully saturated rings. The molecule has 1 aromatic rings. The summed E-state index contributed by atoms with van der Waals surface area (Å²) in [6, 6.07) is 0. The lowest BCUT2D eigenvalue weighted by molar-refractivity contribution is -0.127. The molecule has 2 rings (SSSR count). The fourth-order valence-electron chi connectivity index (χ4n) is 1.72. The van der Waals surface area contributed by atoms with E-state index >= 15 is 0 Å². The Hall–Kier alpha value is -1.76. The maximum absolute atomic E-state index is 11.3. The Labute approximate surface area is 95.3 Å². The van der Waals surface area contributed by atoms with Crippen LogP contribution in [0.3, 0.4) is 0 Å². The zero-order chi connectivity index (χ0) is 11.4. The quantitative estimate of drug-likeness (QED) is 0.688. The van der Waals surface area contributed by atoms with Crippen LogP contribution in [0.25, 0.3) is 0 Å². The first kappa shape index (κ1) is 10.7. The zero-order valence-corrected chi connectivity index (χ0v) is 9.44. The highest BCUT2D eigenvalue weighted by Gasteiger charge is 2.18. The summed E-state index contributed by atoms with van der Waals surface area (Å²) in [5, 5.41) is 0. The van der Waals surface area contributed by atoms with Crippen molar-refractivity contribution in [3.63, 3.8) is 0 Å². The van der Waals surface area contributed by atoms with Gasteiger partial charge in [-0.3, -0.25) is 4.79 Å². The van der Waals surface area contributed by atoms with Crippen LogP contribution in [0.5, 0.6) is 0 Å². The first-order chi connectivity index (χ1) is 7.77. The predicted molar refractivity (Wildman–Crippen MR) is 60.6 cm³/mol. The number of carbonyl (C=O) groups is 1. The maximum Gasteiger partial charge on any atom is 0.223 e. The third kappa shape index (κ3) is 2.43. The van der Waals surface area contributed by atoms with Crippen molar-refractivity contribution < 1.29 is 4.79 Å². The fraction of sp³-hybridized carbons (Fsp3) is 0.500. The zero-order valence-electron chi connectivity index (χ0n) is 9.44. The summed E-state index contributed by atoms with van der Waals surface area (Å²) >= 11 is 0. The van der Waals surface area contributed by atoms with Gasteiger partial charge in [-0.2, -0.15) is 0 Å². The van der Waals surface area contributed by atoms with Crippen molar-refractivity contribution in [3.8, 4) is 11.8 Å². The summed E-state index contributed by atoms with van der Waals surface area (Å²) < 4.78 is 1.98. The Morgan fingerprint density at radius 3 is 2.88 bits per heavy atom. The van der Waals surface area contributed by atoms with Gasteiger partial charge in [0.1, 0.15) is 0 Å². The molecule has 0 aromatic carbocycles. The van der Waals surface area contributed by atoms with Gasteiger partial charge in [0, 0.05) is 24.9 Å². The molecular formula is C12H15N3O. The van der Waals surface area contributed by atoms with E-state index in [0.29, 0.717) is 19.5 Å². The van der Waals surface area contributed by atoms with E-state index in [-0.39, 0.29) is 5.91 Å². The number of likely N-dealkylation sites (tertiary alicyclic amines) is 1. The Bertz CT molecular complexity index is 439. The van der Waals surface area contributed by atoms with Crippen LogP contribution in [0.2, 0.25) is 0 Å². The van der Waals surface area contributed by atoms with Crippen LogP contribution in [0.1, 0.15) is 18.5 Å². The van der Waals surface area contributed by atoms with Crippen molar-refractivity contribution in [3.05, 3.63) is 18.2 Å². The minimum atomic E-state index is 0.230. The minimum Gasteiger partial charge on any atom is -0.332 e. The van der Waals surface area contributed by atoms with E-state index in [0.717, 1.165) is 18.7 Å². The lowest BCUT2D eigenvalue weighted by Gasteiger charge is -2.09. The van der Waals surface area contributed by atoms with Crippen LogP contribution < -0.4 is 0 Å². The first-order valence-electron chi connectivity index (χ1n) is 5.47. The lowest BCUT2D eigenvalue weighted by Crippen LogP contribution is -2.24. The molecule has 0 unspecified atom stereocenters. The molecule has 0 bridgehead atoms. The summed E-state index contributed by atoms with van der Waals surface area (Å²) in [6.07, 6.45) is 5.24. The highest BCUT2D eigenvalue weighted by Crippen LogP contribution is 2.07. The molecule has 1 aliphatic heterocycles. The number of aryl methyl sites for hydroxylation is 1. The standard InChI is InChI=1S/C12H15N3O/c1-11-9-13-10-15(11)7-3-2-6-14-8-4-5-12(14)16/h9-10H,4-8H2,1H3. The molecule has 1 aliphatic rings. The molecule has 4 heteroatoms. The smallest absolute Gasteiger partial charge is 0.223 e. The molecule has 0 saturated carbocycles. The molecular weight excluding hydrogens is 202 g/mol. The van der Waals surface area contributed by atoms with E-state index in [1.54, 1.807) is 6.33 Å². The Morgan fingerprint density at radius 2 is 2.25 bits per heavy atom. The fourth-order valence-corrected chi connectivity index (χ4v) is 1.72. The molecule has 1 amide bonds. The number of hydrogen-bond donors (Lipinski definition) is 0. The summed E-state index contributed by atoms with van der Waals surface area (Å²) in [5.74, 6) is 6.31. The molecule has 0 aliphatic carbocycles. The summed E-state index contributed by atoms with van der Waals surface area (Å²) in [4.78, 5) is 17.1. The van der Waals surface area contributed by atoms with Crippen LogP contribution in [0.4, 0.5) is 0 Å². The van der Waals surface area contributed by atoms with Crippen molar-refractivity contribution >= 4 is 5.91 Å². The van der Waals surface area contributed by atoms with Gasteiger partial charge in [-0.25, -0.2) is 4.98 Å². The SMILES string of the molecule is Cc1cncn1CC#CCN1CCCC1=O. The van der Waals surface area contributed by atoms with Gasteiger partial charge in [0.05, 0.1) is 19.4 Å². The van der Waals surface area contributed by atoms with E-state index in [9.17, 15) is 4.79 Å². The van der Waals surface area contributed by atoms with Gasteiger partial charge in [0.2, 0.25) is 5.91 Å². The molecule has 84 valence electrons. The van der Waals surface area contributed by atoms with Crippen molar-refractivity contribution in [2.24, 2.45) is 0 Å². The van der Waals surface area contributed by atoms with Crippen molar-refractivity contribution in [1.82, 2.24) is 14.5 Å². The van der Waals surface area contributed by atoms with E-state index in [4.69, 9.17) is 0 Å². The molecule has 2 heterocycles. The average molecular weight is 217 g/mol. The monoisotopic (exact) mass is 217 g/mol. The number of imidazole rings is 1. The molecule has 0 radical (unpaired) electrons. The topological polar surface area (TPSA) is 38.1 Å². The second kappa shape index (κ2) is 4.84. The molecule has 0 N–H and O–H groups in total. The van der Waals surface area contributed by atoms with Crippen LogP contribution in [0, 0.1) is 18.8 Å². The highest BCUT2D eigenvalue weighted by atomic mass is 16.2. The molecule has 1 aromatic heterocycles. The second-order valence-corrected chi connectivity index (χ2v) is 3.94. The van der Waals surface area contributed by atoms with Gasteiger partial charge in [-0.15, -0.1) is 0 Å². The maximum atomic E-state index is 11.3. The third-order valence-electron chi connectivity index (χ3n) is 2.74. The molecule has 16 heavy (non-hydrogen) atoms. The molecule has 0 atom stereocenters. The minimum absolute atomic E-state index is 0.230. The number of rotatable bonds is 2. The number of carbonyl (C=O) groups excluding carboxylic acids is 1. The van der Waals surface area contributed by atoms with Crippen LogP contribution >= 0.6 is 0 Å². The van der Waals surface area contributed by atoms with Crippen LogP contribution in [0.15, 0.2) is 12.5 Å².